The molecule has 0 aliphatic carbocycles. The molecule has 1 radical (unpaired) electrons. The fourth-order valence-electron chi connectivity index (χ4n) is 1.31. The van der Waals surface area contributed by atoms with E-state index in [1.54, 1.807) is 0 Å². The number of unbranched alkanes of at least 4 members (excludes halogenated alkanes) is 1. The predicted octanol–water partition coefficient (Wildman–Crippen LogP) is 3.24. The smallest absolute Gasteiger partial charge is 0.0469 e. The largest absolute Gasteiger partial charge is 0.381 e. The molecule has 0 saturated heterocycles. The molecule has 0 unspecified atom stereocenters. The maximum atomic E-state index is 5.49. The Hall–Kier alpha value is -0.820. The number of aryl methyl sites for hydroxylation is 1. The molecule has 1 heteroatoms. The molecule has 0 spiro atoms. The molecule has 0 heterocycles. The van der Waals surface area contributed by atoms with Crippen LogP contribution >= 0.6 is 0 Å². The second-order valence-electron chi connectivity index (χ2n) is 3.48. The van der Waals surface area contributed by atoms with E-state index in [4.69, 9.17) is 4.74 Å². The summed E-state index contributed by atoms with van der Waals surface area (Å²) in [6.45, 7) is 3.98. The highest BCUT2D eigenvalue weighted by Crippen LogP contribution is 2.02. The molecule has 0 amide bonds. The number of benzene rings is 1. The molecule has 0 aliphatic rings. The number of hydrogen-bond donors (Lipinski definition) is 0. The van der Waals surface area contributed by atoms with Crippen LogP contribution in [0.1, 0.15) is 31.7 Å². The minimum absolute atomic E-state index is 0.884. The minimum Gasteiger partial charge on any atom is -0.381 e. The third kappa shape index (κ3) is 5.03. The van der Waals surface area contributed by atoms with Crippen molar-refractivity contribution in [2.75, 3.05) is 13.2 Å². The lowest BCUT2D eigenvalue weighted by atomic mass is 10.1. The summed E-state index contributed by atoms with van der Waals surface area (Å²) in [6, 6.07) is 11.2. The van der Waals surface area contributed by atoms with Gasteiger partial charge in [-0.05, 0) is 30.9 Å². The SMILES string of the molecule is CCCCOCCCc1c[c]ccc1. The van der Waals surface area contributed by atoms with Crippen molar-refractivity contribution in [3.63, 3.8) is 0 Å². The summed E-state index contributed by atoms with van der Waals surface area (Å²) in [7, 11) is 0. The molecule has 0 N–H and O–H groups in total. The van der Waals surface area contributed by atoms with E-state index in [0.717, 1.165) is 26.1 Å². The van der Waals surface area contributed by atoms with Gasteiger partial charge >= 0.3 is 0 Å². The van der Waals surface area contributed by atoms with Crippen molar-refractivity contribution >= 4 is 0 Å². The number of hydrogen-bond acceptors (Lipinski definition) is 1. The van der Waals surface area contributed by atoms with E-state index in [2.05, 4.69) is 19.1 Å². The van der Waals surface area contributed by atoms with E-state index < -0.39 is 0 Å². The number of rotatable bonds is 7. The van der Waals surface area contributed by atoms with Gasteiger partial charge in [0.15, 0.2) is 0 Å². The highest BCUT2D eigenvalue weighted by atomic mass is 16.5. The lowest BCUT2D eigenvalue weighted by molar-refractivity contribution is 0.129. The van der Waals surface area contributed by atoms with Crippen LogP contribution < -0.4 is 0 Å². The lowest BCUT2D eigenvalue weighted by Crippen LogP contribution is -1.98. The first-order chi connectivity index (χ1) is 6.93. The predicted molar refractivity (Wildman–Crippen MR) is 59.3 cm³/mol. The first kappa shape index (κ1) is 11.3. The average Bonchev–Trinajstić information content (AvgIpc) is 2.25. The van der Waals surface area contributed by atoms with Crippen LogP contribution in [0.2, 0.25) is 0 Å². The average molecular weight is 191 g/mol. The summed E-state index contributed by atoms with van der Waals surface area (Å²) < 4.78 is 5.49. The summed E-state index contributed by atoms with van der Waals surface area (Å²) in [4.78, 5) is 0. The maximum Gasteiger partial charge on any atom is 0.0469 e. The Morgan fingerprint density at radius 2 is 2.14 bits per heavy atom. The van der Waals surface area contributed by atoms with Crippen LogP contribution in [0.5, 0.6) is 0 Å². The van der Waals surface area contributed by atoms with Gasteiger partial charge in [0, 0.05) is 13.2 Å². The molecular formula is C13H19O. The summed E-state index contributed by atoms with van der Waals surface area (Å²) >= 11 is 0. The first-order valence-corrected chi connectivity index (χ1v) is 5.46. The van der Waals surface area contributed by atoms with Crippen molar-refractivity contribution in [3.05, 3.63) is 35.9 Å². The Labute approximate surface area is 87.1 Å². The van der Waals surface area contributed by atoms with E-state index in [0.29, 0.717) is 0 Å². The van der Waals surface area contributed by atoms with Gasteiger partial charge in [-0.1, -0.05) is 37.6 Å². The van der Waals surface area contributed by atoms with Crippen LogP contribution in [-0.4, -0.2) is 13.2 Å². The van der Waals surface area contributed by atoms with Gasteiger partial charge in [-0.3, -0.25) is 0 Å². The molecule has 0 atom stereocenters. The van der Waals surface area contributed by atoms with Gasteiger partial charge in [-0.15, -0.1) is 0 Å². The molecule has 0 bridgehead atoms. The van der Waals surface area contributed by atoms with Crippen LogP contribution in [0, 0.1) is 6.07 Å². The van der Waals surface area contributed by atoms with Gasteiger partial charge < -0.3 is 4.74 Å². The highest BCUT2D eigenvalue weighted by molar-refractivity contribution is 5.13. The van der Waals surface area contributed by atoms with Crippen LogP contribution in [0.15, 0.2) is 24.3 Å². The summed E-state index contributed by atoms with van der Waals surface area (Å²) in [5, 5.41) is 0. The summed E-state index contributed by atoms with van der Waals surface area (Å²) in [5.41, 5.74) is 1.35. The monoisotopic (exact) mass is 191 g/mol. The molecule has 0 fully saturated rings. The normalized spacial score (nSPS) is 10.4. The molecule has 0 saturated carbocycles. The van der Waals surface area contributed by atoms with Crippen molar-refractivity contribution in [3.8, 4) is 0 Å². The van der Waals surface area contributed by atoms with Gasteiger partial charge in [0.1, 0.15) is 0 Å². The Bertz CT molecular complexity index is 218. The molecule has 1 nitrogen and oxygen atoms in total. The first-order valence-electron chi connectivity index (χ1n) is 5.46. The molecule has 77 valence electrons. The topological polar surface area (TPSA) is 9.23 Å². The fourth-order valence-corrected chi connectivity index (χ4v) is 1.31. The van der Waals surface area contributed by atoms with Crippen molar-refractivity contribution in [1.29, 1.82) is 0 Å². The molecular weight excluding hydrogens is 172 g/mol. The molecule has 1 rings (SSSR count). The van der Waals surface area contributed by atoms with E-state index in [9.17, 15) is 0 Å². The standard InChI is InChI=1S/C13H19O/c1-2-3-11-14-12-7-10-13-8-5-4-6-9-13/h4-5,8-9H,2-3,7,10-12H2,1H3. The van der Waals surface area contributed by atoms with Crippen LogP contribution in [0.25, 0.3) is 0 Å². The van der Waals surface area contributed by atoms with Crippen LogP contribution in [-0.2, 0) is 11.2 Å². The van der Waals surface area contributed by atoms with Crippen molar-refractivity contribution in [2.45, 2.75) is 32.6 Å². The van der Waals surface area contributed by atoms with Crippen molar-refractivity contribution in [1.82, 2.24) is 0 Å². The van der Waals surface area contributed by atoms with E-state index >= 15 is 0 Å². The van der Waals surface area contributed by atoms with E-state index in [-0.39, 0.29) is 0 Å². The lowest BCUT2D eigenvalue weighted by Gasteiger charge is -2.03. The third-order valence-corrected chi connectivity index (χ3v) is 2.17. The van der Waals surface area contributed by atoms with Crippen LogP contribution in [0.4, 0.5) is 0 Å². The molecule has 0 aliphatic heterocycles. The Morgan fingerprint density at radius 1 is 1.29 bits per heavy atom. The zero-order chi connectivity index (χ0) is 10.1. The maximum absolute atomic E-state index is 5.49. The molecule has 1 aromatic carbocycles. The van der Waals surface area contributed by atoms with Gasteiger partial charge in [0.25, 0.3) is 0 Å². The molecule has 0 aromatic heterocycles. The molecule has 14 heavy (non-hydrogen) atoms. The Kier molecular flexibility index (Phi) is 6.09. The zero-order valence-electron chi connectivity index (χ0n) is 8.96. The second-order valence-corrected chi connectivity index (χ2v) is 3.48. The van der Waals surface area contributed by atoms with Crippen molar-refractivity contribution in [2.24, 2.45) is 0 Å². The summed E-state index contributed by atoms with van der Waals surface area (Å²) in [6.07, 6.45) is 4.61. The second kappa shape index (κ2) is 7.57. The van der Waals surface area contributed by atoms with Gasteiger partial charge in [0.2, 0.25) is 0 Å². The zero-order valence-corrected chi connectivity index (χ0v) is 8.96. The van der Waals surface area contributed by atoms with Crippen molar-refractivity contribution < 1.29 is 4.74 Å². The van der Waals surface area contributed by atoms with Gasteiger partial charge in [-0.2, -0.15) is 0 Å². The Balaban J connectivity index is 1.99. The van der Waals surface area contributed by atoms with Gasteiger partial charge in [-0.25, -0.2) is 0 Å². The molecule has 1 aromatic rings. The number of ether oxygens (including phenoxy) is 1. The van der Waals surface area contributed by atoms with Crippen LogP contribution in [0.3, 0.4) is 0 Å². The third-order valence-electron chi connectivity index (χ3n) is 2.17. The Morgan fingerprint density at radius 3 is 2.86 bits per heavy atom. The fraction of sp³-hybridized carbons (Fsp3) is 0.538. The summed E-state index contributed by atoms with van der Waals surface area (Å²) in [5.74, 6) is 0. The van der Waals surface area contributed by atoms with Gasteiger partial charge in [0.05, 0.1) is 0 Å². The van der Waals surface area contributed by atoms with E-state index in [1.165, 1.54) is 18.4 Å². The van der Waals surface area contributed by atoms with E-state index in [1.807, 2.05) is 18.2 Å². The quantitative estimate of drug-likeness (QED) is 0.601. The minimum atomic E-state index is 0.884. The highest BCUT2D eigenvalue weighted by Gasteiger charge is 1.92.